The van der Waals surface area contributed by atoms with Crippen molar-refractivity contribution in [3.63, 3.8) is 0 Å². The molecule has 0 amide bonds. The smallest absolute Gasteiger partial charge is 0.469 e. The lowest BCUT2D eigenvalue weighted by Crippen LogP contribution is -2.23. The van der Waals surface area contributed by atoms with E-state index in [1.54, 1.807) is 13.8 Å². The van der Waals surface area contributed by atoms with E-state index in [2.05, 4.69) is 40.1 Å². The van der Waals surface area contributed by atoms with Crippen LogP contribution in [0, 0.1) is 5.92 Å². The number of ether oxygens (including phenoxy) is 5. The Bertz CT molecular complexity index is 2260. The first-order chi connectivity index (χ1) is 37.2. The van der Waals surface area contributed by atoms with Gasteiger partial charge >= 0.3 is 69.4 Å². The average Bonchev–Trinajstić information content (AvgIpc) is 3.36. The number of carbonyl (C=O) groups excluding carboxylic acids is 5. The highest BCUT2D eigenvalue weighted by molar-refractivity contribution is 7.46. The molecule has 0 aliphatic rings. The SMILES string of the molecule is C=C(C)C(=O)OCCCCCCCCCCC(C(=O)O)C(=O)O.C=C(C)C(=O)OCCCCCCCCCCOP(=O)(O)O.C=C(C)C(=O)OCCOC(=O)c1ccc(C(=O)O)c(C(=O)O)c1.C=C(C)C(=O)OCCOP(=O)(O)O. The highest BCUT2D eigenvalue weighted by atomic mass is 31.2. The molecule has 8 N–H and O–H groups in total. The van der Waals surface area contributed by atoms with Crippen LogP contribution < -0.4 is 0 Å². The van der Waals surface area contributed by atoms with Crippen molar-refractivity contribution in [2.75, 3.05) is 46.2 Å². The lowest BCUT2D eigenvalue weighted by atomic mass is 10.0. The minimum absolute atomic E-state index is 0.109. The molecule has 0 aliphatic heterocycles. The van der Waals surface area contributed by atoms with Crippen molar-refractivity contribution < 1.29 is 125 Å². The maximum atomic E-state index is 11.8. The van der Waals surface area contributed by atoms with Gasteiger partial charge < -0.3 is 63.7 Å². The van der Waals surface area contributed by atoms with Crippen LogP contribution in [-0.4, -0.2) is 140 Å². The number of phosphoric ester groups is 2. The standard InChI is InChI=1S/C17H28O6.C15H14O8.C14H27O6P.C6H11O6P/c1-13(2)17(22)23-12-10-8-6-4-3-5-7-9-11-14(15(18)19)16(20)21;1-8(2)14(20)22-5-6-23-15(21)9-3-4-10(12(16)17)11(7-9)13(18)19;1-13(2)14(15)19-11-9-7-5-3-4-6-8-10-12-20-21(16,17)18;1-5(2)6(7)11-3-4-12-13(8,9)10/h14H,1,3-12H2,2H3,(H,18,19)(H,20,21);3-4,7H,1,5-6H2,2H3,(H,16,17)(H,18,19);1,3-12H2,2H3,(H2,16,17,18);1,3-4H2,2H3,(H2,8,9,10). The number of unbranched alkanes of at least 4 members (excludes halogenated alkanes) is 14. The van der Waals surface area contributed by atoms with Crippen LogP contribution in [0.4, 0.5) is 0 Å². The van der Waals surface area contributed by atoms with Gasteiger partial charge in [-0.3, -0.25) is 18.6 Å². The molecule has 0 saturated carbocycles. The second-order valence-electron chi connectivity index (χ2n) is 17.5. The number of carbonyl (C=O) groups is 9. The zero-order valence-corrected chi connectivity index (χ0v) is 47.7. The molecule has 0 saturated heterocycles. The Hall–Kier alpha value is -6.37. The van der Waals surface area contributed by atoms with Crippen molar-refractivity contribution in [3.8, 4) is 0 Å². The van der Waals surface area contributed by atoms with Crippen molar-refractivity contribution in [2.45, 2.75) is 137 Å². The van der Waals surface area contributed by atoms with Gasteiger partial charge in [0.15, 0.2) is 5.92 Å². The third-order valence-electron chi connectivity index (χ3n) is 9.98. The monoisotopic (exact) mass is 1180 g/mol. The van der Waals surface area contributed by atoms with E-state index in [1.165, 1.54) is 13.8 Å². The van der Waals surface area contributed by atoms with Crippen LogP contribution in [0.15, 0.2) is 66.8 Å². The molecule has 80 heavy (non-hydrogen) atoms. The second kappa shape index (κ2) is 45.4. The minimum atomic E-state index is -4.46. The van der Waals surface area contributed by atoms with Gasteiger partial charge in [0.25, 0.3) is 0 Å². The Morgan fingerprint density at radius 2 is 0.713 bits per heavy atom. The number of carboxylic acid groups (broad SMARTS) is 4. The summed E-state index contributed by atoms with van der Waals surface area (Å²) in [5.74, 6) is -9.48. The summed E-state index contributed by atoms with van der Waals surface area (Å²) in [6.07, 6.45) is 15.5. The van der Waals surface area contributed by atoms with E-state index in [0.29, 0.717) is 37.2 Å². The first kappa shape index (κ1) is 77.9. The van der Waals surface area contributed by atoms with Crippen LogP contribution in [0.25, 0.3) is 0 Å². The lowest BCUT2D eigenvalue weighted by Gasteiger charge is -2.08. The molecule has 0 spiro atoms. The fraction of sp³-hybridized carbons (Fsp3) is 0.558. The Kier molecular flexibility index (Phi) is 44.2. The van der Waals surface area contributed by atoms with E-state index in [0.717, 1.165) is 108 Å². The zero-order valence-electron chi connectivity index (χ0n) is 45.9. The summed E-state index contributed by atoms with van der Waals surface area (Å²) in [7, 11) is -8.76. The van der Waals surface area contributed by atoms with E-state index in [4.69, 9.17) is 58.9 Å². The van der Waals surface area contributed by atoms with Gasteiger partial charge in [0, 0.05) is 22.3 Å². The van der Waals surface area contributed by atoms with Gasteiger partial charge in [-0.2, -0.15) is 0 Å². The molecule has 1 aromatic rings. The summed E-state index contributed by atoms with van der Waals surface area (Å²) in [6.45, 7) is 19.9. The first-order valence-electron chi connectivity index (χ1n) is 25.2. The predicted molar refractivity (Wildman–Crippen MR) is 287 cm³/mol. The van der Waals surface area contributed by atoms with Gasteiger partial charge in [0.05, 0.1) is 43.1 Å². The van der Waals surface area contributed by atoms with E-state index in [1.807, 2.05) is 0 Å². The Morgan fingerprint density at radius 3 is 1.05 bits per heavy atom. The van der Waals surface area contributed by atoms with Crippen LogP contribution >= 0.6 is 15.6 Å². The molecule has 1 aromatic carbocycles. The summed E-state index contributed by atoms with van der Waals surface area (Å²) in [5, 5.41) is 35.3. The first-order valence-corrected chi connectivity index (χ1v) is 28.3. The maximum Gasteiger partial charge on any atom is 0.469 e. The van der Waals surface area contributed by atoms with E-state index in [9.17, 15) is 52.3 Å². The molecule has 0 unspecified atom stereocenters. The molecule has 1 rings (SSSR count). The fourth-order valence-corrected chi connectivity index (χ4v) is 6.49. The molecule has 0 aliphatic carbocycles. The van der Waals surface area contributed by atoms with Gasteiger partial charge in [-0.1, -0.05) is 110 Å². The number of phosphoric acid groups is 2. The van der Waals surface area contributed by atoms with Gasteiger partial charge in [0.1, 0.15) is 19.8 Å². The number of hydrogen-bond acceptors (Lipinski definition) is 18. The Morgan fingerprint density at radius 1 is 0.412 bits per heavy atom. The molecule has 28 heteroatoms. The molecule has 0 radical (unpaired) electrons. The van der Waals surface area contributed by atoms with Gasteiger partial charge in [-0.25, -0.2) is 42.7 Å². The molecular formula is C52H80O26P2. The summed E-state index contributed by atoms with van der Waals surface area (Å²) in [4.78, 5) is 132. The van der Waals surface area contributed by atoms with Crippen LogP contribution in [0.3, 0.4) is 0 Å². The molecule has 0 bridgehead atoms. The summed E-state index contributed by atoms with van der Waals surface area (Å²) in [6, 6.07) is 3.05. The maximum absolute atomic E-state index is 11.8. The number of aliphatic carboxylic acids is 2. The molecule has 0 fully saturated rings. The highest BCUT2D eigenvalue weighted by Gasteiger charge is 2.25. The minimum Gasteiger partial charge on any atom is -0.481 e. The fourth-order valence-electron chi connectivity index (χ4n) is 5.81. The lowest BCUT2D eigenvalue weighted by molar-refractivity contribution is -0.155. The van der Waals surface area contributed by atoms with Gasteiger partial charge in [-0.05, 0) is 71.6 Å². The third-order valence-corrected chi connectivity index (χ3v) is 11.0. The van der Waals surface area contributed by atoms with Crippen LogP contribution in [0.5, 0.6) is 0 Å². The van der Waals surface area contributed by atoms with Crippen molar-refractivity contribution >= 4 is 69.4 Å². The third kappa shape index (κ3) is 46.5. The average molecular weight is 1180 g/mol. The van der Waals surface area contributed by atoms with Crippen molar-refractivity contribution in [2.24, 2.45) is 5.92 Å². The number of aromatic carboxylic acids is 2. The summed E-state index contributed by atoms with van der Waals surface area (Å²) in [5.41, 5.74) is 0.169. The highest BCUT2D eigenvalue weighted by Crippen LogP contribution is 2.36. The Balaban J connectivity index is -0.00000101. The quantitative estimate of drug-likeness (QED) is 0.00766. The largest absolute Gasteiger partial charge is 0.481 e. The van der Waals surface area contributed by atoms with E-state index in [-0.39, 0.29) is 68.1 Å². The Labute approximate surface area is 465 Å². The molecule has 454 valence electrons. The summed E-state index contributed by atoms with van der Waals surface area (Å²) >= 11 is 0. The predicted octanol–water partition coefficient (Wildman–Crippen LogP) is 8.31. The number of carboxylic acids is 4. The number of hydrogen-bond donors (Lipinski definition) is 8. The van der Waals surface area contributed by atoms with Crippen molar-refractivity contribution in [1.29, 1.82) is 0 Å². The number of rotatable bonds is 39. The molecule has 0 heterocycles. The van der Waals surface area contributed by atoms with Gasteiger partial charge in [0.2, 0.25) is 0 Å². The zero-order chi connectivity index (χ0) is 61.9. The molecule has 26 nitrogen and oxygen atoms in total. The number of benzene rings is 1. The van der Waals surface area contributed by atoms with E-state index < -0.39 is 74.5 Å². The number of esters is 5. The second-order valence-corrected chi connectivity index (χ2v) is 20.0. The van der Waals surface area contributed by atoms with Gasteiger partial charge in [-0.15, -0.1) is 0 Å². The van der Waals surface area contributed by atoms with Crippen LogP contribution in [0.1, 0.15) is 168 Å². The van der Waals surface area contributed by atoms with E-state index >= 15 is 0 Å². The normalized spacial score (nSPS) is 10.6. The molecule has 0 aromatic heterocycles. The summed E-state index contributed by atoms with van der Waals surface area (Å²) < 4.78 is 52.9. The topological polar surface area (TPSA) is 414 Å². The van der Waals surface area contributed by atoms with Crippen LogP contribution in [0.2, 0.25) is 0 Å². The molecule has 0 atom stereocenters. The van der Waals surface area contributed by atoms with Crippen molar-refractivity contribution in [1.82, 2.24) is 0 Å². The van der Waals surface area contributed by atoms with Crippen LogP contribution in [-0.2, 0) is 70.6 Å². The molecular weight excluding hydrogens is 1100 g/mol. The van der Waals surface area contributed by atoms with Crippen molar-refractivity contribution in [3.05, 3.63) is 83.5 Å².